The molecule has 0 radical (unpaired) electrons. The van der Waals surface area contributed by atoms with E-state index in [1.165, 1.54) is 35.3 Å². The molecule has 11 heteroatoms. The van der Waals surface area contributed by atoms with Crippen LogP contribution in [0.2, 0.25) is 0 Å². The van der Waals surface area contributed by atoms with Crippen molar-refractivity contribution >= 4 is 11.8 Å². The smallest absolute Gasteiger partial charge is 0.426 e. The van der Waals surface area contributed by atoms with E-state index >= 15 is 0 Å². The van der Waals surface area contributed by atoms with Gasteiger partial charge < -0.3 is 9.47 Å². The second kappa shape index (κ2) is 9.96. The molecule has 1 aromatic heterocycles. The highest BCUT2D eigenvalue weighted by atomic mass is 19.4. The van der Waals surface area contributed by atoms with E-state index in [4.69, 9.17) is 4.74 Å². The molecule has 1 unspecified atom stereocenters. The summed E-state index contributed by atoms with van der Waals surface area (Å²) < 4.78 is 47.4. The number of carbonyl (C=O) groups is 1. The van der Waals surface area contributed by atoms with Gasteiger partial charge >= 0.3 is 12.5 Å². The Morgan fingerprint density at radius 2 is 1.69 bits per heavy atom. The van der Waals surface area contributed by atoms with E-state index in [0.29, 0.717) is 28.3 Å². The number of alkyl halides is 3. The lowest BCUT2D eigenvalue weighted by Crippen LogP contribution is -2.17. The molecule has 8 nitrogen and oxygen atoms in total. The van der Waals surface area contributed by atoms with E-state index in [2.05, 4.69) is 20.1 Å². The summed E-state index contributed by atoms with van der Waals surface area (Å²) in [6.07, 6.45) is -5.17. The van der Waals surface area contributed by atoms with E-state index in [1.807, 2.05) is 6.07 Å². The Kier molecular flexibility index (Phi) is 6.64. The first kappa shape index (κ1) is 23.3. The van der Waals surface area contributed by atoms with Crippen LogP contribution < -0.4 is 10.1 Å². The van der Waals surface area contributed by atoms with Crippen molar-refractivity contribution in [2.45, 2.75) is 12.5 Å². The van der Waals surface area contributed by atoms with Gasteiger partial charge in [0.15, 0.2) is 5.82 Å². The number of ether oxygens (including phenoxy) is 2. The van der Waals surface area contributed by atoms with Gasteiger partial charge in [-0.2, -0.15) is 5.26 Å². The maximum atomic E-state index is 12.3. The molecule has 0 fully saturated rings. The number of benzene rings is 3. The Labute approximate surface area is 197 Å². The molecule has 1 atom stereocenters. The minimum atomic E-state index is -4.76. The summed E-state index contributed by atoms with van der Waals surface area (Å²) in [4.78, 5) is 16.4. The molecule has 4 rings (SSSR count). The van der Waals surface area contributed by atoms with Gasteiger partial charge in [0.05, 0.1) is 5.69 Å². The minimum absolute atomic E-state index is 0.340. The summed E-state index contributed by atoms with van der Waals surface area (Å²) in [5.41, 5.74) is 2.12. The van der Waals surface area contributed by atoms with Gasteiger partial charge in [-0.3, -0.25) is 5.32 Å². The molecule has 1 heterocycles. The topological polar surface area (TPSA) is 102 Å². The fraction of sp³-hybridized carbons (Fsp3) is 0.0833. The molecule has 0 aliphatic rings. The standard InChI is InChI=1S/C24H16F3N5O3/c25-24(26,27)35-20-12-10-19(11-13-20)32-15-29-22(31-32)17-6-8-18(9-7-17)30-23(33)34-21(14-28)16-4-2-1-3-5-16/h1-13,15,21H,(H,30,33). The van der Waals surface area contributed by atoms with Crippen LogP contribution in [0, 0.1) is 11.3 Å². The quantitative estimate of drug-likeness (QED) is 0.384. The molecular formula is C24H16F3N5O3. The number of nitrogens with one attached hydrogen (secondary N) is 1. The van der Waals surface area contributed by atoms with E-state index in [0.717, 1.165) is 0 Å². The molecule has 0 saturated heterocycles. The highest BCUT2D eigenvalue weighted by Crippen LogP contribution is 2.24. The maximum Gasteiger partial charge on any atom is 0.573 e. The molecule has 1 amide bonds. The Morgan fingerprint density at radius 1 is 1.00 bits per heavy atom. The average Bonchev–Trinajstić information content (AvgIpc) is 3.33. The number of hydrogen-bond donors (Lipinski definition) is 1. The van der Waals surface area contributed by atoms with Crippen molar-refractivity contribution in [2.24, 2.45) is 0 Å². The molecule has 0 aliphatic carbocycles. The lowest BCUT2D eigenvalue weighted by atomic mass is 10.1. The first-order valence-electron chi connectivity index (χ1n) is 10.1. The van der Waals surface area contributed by atoms with Crippen LogP contribution in [0.25, 0.3) is 17.1 Å². The number of nitriles is 1. The monoisotopic (exact) mass is 479 g/mol. The highest BCUT2D eigenvalue weighted by Gasteiger charge is 2.31. The Bertz CT molecular complexity index is 1330. The zero-order valence-electron chi connectivity index (χ0n) is 17.8. The van der Waals surface area contributed by atoms with Gasteiger partial charge in [0.2, 0.25) is 6.10 Å². The third-order valence-corrected chi connectivity index (χ3v) is 4.66. The normalized spacial score (nSPS) is 11.8. The first-order valence-corrected chi connectivity index (χ1v) is 10.1. The third-order valence-electron chi connectivity index (χ3n) is 4.66. The van der Waals surface area contributed by atoms with Crippen molar-refractivity contribution < 1.29 is 27.4 Å². The van der Waals surface area contributed by atoms with E-state index < -0.39 is 18.6 Å². The van der Waals surface area contributed by atoms with Gasteiger partial charge in [0, 0.05) is 16.8 Å². The number of nitrogens with zero attached hydrogens (tertiary/aromatic N) is 4. The van der Waals surface area contributed by atoms with Crippen LogP contribution in [0.15, 0.2) is 85.2 Å². The predicted molar refractivity (Wildman–Crippen MR) is 118 cm³/mol. The van der Waals surface area contributed by atoms with Crippen molar-refractivity contribution in [3.63, 3.8) is 0 Å². The minimum Gasteiger partial charge on any atom is -0.426 e. The summed E-state index contributed by atoms with van der Waals surface area (Å²) in [5.74, 6) is 0.0245. The summed E-state index contributed by atoms with van der Waals surface area (Å²) in [5, 5.41) is 16.2. The molecule has 0 bridgehead atoms. The number of rotatable bonds is 6. The molecule has 1 N–H and O–H groups in total. The van der Waals surface area contributed by atoms with Crippen LogP contribution in [-0.4, -0.2) is 27.2 Å². The summed E-state index contributed by atoms with van der Waals surface area (Å²) in [6, 6.07) is 22.4. The molecule has 176 valence electrons. The van der Waals surface area contributed by atoms with Crippen LogP contribution in [0.3, 0.4) is 0 Å². The number of anilines is 1. The lowest BCUT2D eigenvalue weighted by Gasteiger charge is -2.12. The molecule has 0 saturated carbocycles. The average molecular weight is 479 g/mol. The van der Waals surface area contributed by atoms with E-state index in [-0.39, 0.29) is 5.75 Å². The number of carbonyl (C=O) groups excluding carboxylic acids is 1. The molecule has 0 spiro atoms. The summed E-state index contributed by atoms with van der Waals surface area (Å²) >= 11 is 0. The van der Waals surface area contributed by atoms with Crippen molar-refractivity contribution in [3.05, 3.63) is 90.8 Å². The van der Waals surface area contributed by atoms with Gasteiger partial charge in [-0.05, 0) is 48.5 Å². The van der Waals surface area contributed by atoms with Crippen LogP contribution in [0.5, 0.6) is 5.75 Å². The zero-order chi connectivity index (χ0) is 24.8. The Hall–Kier alpha value is -4.85. The van der Waals surface area contributed by atoms with Crippen LogP contribution in [0.1, 0.15) is 11.7 Å². The summed E-state index contributed by atoms with van der Waals surface area (Å²) in [6.45, 7) is 0. The van der Waals surface area contributed by atoms with E-state index in [1.54, 1.807) is 54.6 Å². The van der Waals surface area contributed by atoms with Crippen LogP contribution in [-0.2, 0) is 4.74 Å². The largest absolute Gasteiger partial charge is 0.573 e. The maximum absolute atomic E-state index is 12.3. The lowest BCUT2D eigenvalue weighted by molar-refractivity contribution is -0.274. The number of halogens is 3. The fourth-order valence-corrected chi connectivity index (χ4v) is 3.07. The Morgan fingerprint density at radius 3 is 2.31 bits per heavy atom. The van der Waals surface area contributed by atoms with Gasteiger partial charge in [-0.15, -0.1) is 18.3 Å². The van der Waals surface area contributed by atoms with Gasteiger partial charge in [0.25, 0.3) is 0 Å². The van der Waals surface area contributed by atoms with Crippen molar-refractivity contribution in [1.29, 1.82) is 5.26 Å². The van der Waals surface area contributed by atoms with Crippen molar-refractivity contribution in [2.75, 3.05) is 5.32 Å². The Balaban J connectivity index is 1.39. The second-order valence-electron chi connectivity index (χ2n) is 7.08. The molecule has 3 aromatic carbocycles. The fourth-order valence-electron chi connectivity index (χ4n) is 3.07. The van der Waals surface area contributed by atoms with Gasteiger partial charge in [-0.25, -0.2) is 14.5 Å². The SMILES string of the molecule is N#CC(OC(=O)Nc1ccc(-c2ncn(-c3ccc(OC(F)(F)F)cc3)n2)cc1)c1ccccc1. The van der Waals surface area contributed by atoms with Gasteiger partial charge in [-0.1, -0.05) is 30.3 Å². The molecule has 4 aromatic rings. The van der Waals surface area contributed by atoms with Gasteiger partial charge in [0.1, 0.15) is 18.1 Å². The zero-order valence-corrected chi connectivity index (χ0v) is 17.8. The number of aromatic nitrogens is 3. The highest BCUT2D eigenvalue weighted by molar-refractivity contribution is 5.85. The van der Waals surface area contributed by atoms with Crippen molar-refractivity contribution in [1.82, 2.24) is 14.8 Å². The number of hydrogen-bond acceptors (Lipinski definition) is 6. The van der Waals surface area contributed by atoms with Crippen LogP contribution in [0.4, 0.5) is 23.7 Å². The number of amides is 1. The predicted octanol–water partition coefficient (Wildman–Crippen LogP) is 5.65. The van der Waals surface area contributed by atoms with Crippen molar-refractivity contribution in [3.8, 4) is 28.9 Å². The van der Waals surface area contributed by atoms with E-state index in [9.17, 15) is 23.2 Å². The summed E-state index contributed by atoms with van der Waals surface area (Å²) in [7, 11) is 0. The first-order chi connectivity index (χ1) is 16.8. The molecule has 0 aliphatic heterocycles. The third kappa shape index (κ3) is 6.14. The van der Waals surface area contributed by atoms with Crippen LogP contribution >= 0.6 is 0 Å². The molecular weight excluding hydrogens is 463 g/mol. The second-order valence-corrected chi connectivity index (χ2v) is 7.08. The molecule has 35 heavy (non-hydrogen) atoms.